The van der Waals surface area contributed by atoms with Gasteiger partial charge in [-0.15, -0.1) is 11.3 Å². The zero-order chi connectivity index (χ0) is 19.3. The summed E-state index contributed by atoms with van der Waals surface area (Å²) in [6.07, 6.45) is 5.82. The molecule has 1 aromatic heterocycles. The van der Waals surface area contributed by atoms with Gasteiger partial charge in [0.2, 0.25) is 5.91 Å². The molecular formula is C20H32N4O2S. The zero-order valence-electron chi connectivity index (χ0n) is 16.8. The van der Waals surface area contributed by atoms with Crippen LogP contribution in [0.15, 0.2) is 10.5 Å². The van der Waals surface area contributed by atoms with Gasteiger partial charge in [-0.3, -0.25) is 4.79 Å². The van der Waals surface area contributed by atoms with Crippen LogP contribution in [-0.4, -0.2) is 42.9 Å². The topological polar surface area (TPSA) is 66.8 Å². The molecule has 150 valence electrons. The van der Waals surface area contributed by atoms with E-state index in [9.17, 15) is 4.79 Å². The van der Waals surface area contributed by atoms with Gasteiger partial charge in [0.25, 0.3) is 0 Å². The molecule has 2 aliphatic rings. The molecule has 0 bridgehead atoms. The standard InChI is InChI=1S/C20H32N4O2S/c1-4-20(2,3)15-5-7-16(8-6-15)22-23-18(25)13-17-14-27-19(21-17)24-9-11-26-12-10-24/h14-15H,4-13H2,1-3H3,(H,23,25). The number of aromatic nitrogens is 1. The molecule has 7 heteroatoms. The molecule has 1 aliphatic heterocycles. The van der Waals surface area contributed by atoms with Crippen molar-refractivity contribution in [3.63, 3.8) is 0 Å². The third-order valence-corrected chi connectivity index (χ3v) is 7.03. The van der Waals surface area contributed by atoms with Gasteiger partial charge in [0.05, 0.1) is 25.3 Å². The number of carbonyl (C=O) groups is 1. The lowest BCUT2D eigenvalue weighted by Gasteiger charge is -2.36. The lowest BCUT2D eigenvalue weighted by Crippen LogP contribution is -2.36. The molecule has 27 heavy (non-hydrogen) atoms. The molecule has 0 atom stereocenters. The Hall–Kier alpha value is -1.47. The van der Waals surface area contributed by atoms with Crippen molar-refractivity contribution in [3.05, 3.63) is 11.1 Å². The number of carbonyl (C=O) groups excluding carboxylic acids is 1. The SMILES string of the molecule is CCC(C)(C)C1CCC(=NNC(=O)Cc2csc(N3CCOCC3)n2)CC1. The van der Waals surface area contributed by atoms with E-state index in [4.69, 9.17) is 4.74 Å². The van der Waals surface area contributed by atoms with Gasteiger partial charge in [-0.1, -0.05) is 27.2 Å². The van der Waals surface area contributed by atoms with Gasteiger partial charge in [-0.05, 0) is 37.0 Å². The quantitative estimate of drug-likeness (QED) is 0.751. The average Bonchev–Trinajstić information content (AvgIpc) is 3.16. The van der Waals surface area contributed by atoms with Crippen LogP contribution in [-0.2, 0) is 16.0 Å². The van der Waals surface area contributed by atoms with Crippen LogP contribution in [0, 0.1) is 11.3 Å². The van der Waals surface area contributed by atoms with Crippen molar-refractivity contribution in [2.45, 2.75) is 59.3 Å². The number of amides is 1. The van der Waals surface area contributed by atoms with Crippen molar-refractivity contribution in [2.24, 2.45) is 16.4 Å². The fourth-order valence-corrected chi connectivity index (χ4v) is 4.63. The van der Waals surface area contributed by atoms with Gasteiger partial charge in [0.15, 0.2) is 5.13 Å². The Morgan fingerprint density at radius 1 is 1.37 bits per heavy atom. The molecule has 0 radical (unpaired) electrons. The number of nitrogens with zero attached hydrogens (tertiary/aromatic N) is 3. The van der Waals surface area contributed by atoms with E-state index in [2.05, 4.69) is 41.2 Å². The van der Waals surface area contributed by atoms with Gasteiger partial charge in [0, 0.05) is 24.2 Å². The van der Waals surface area contributed by atoms with E-state index in [1.54, 1.807) is 11.3 Å². The van der Waals surface area contributed by atoms with Crippen molar-refractivity contribution in [3.8, 4) is 0 Å². The summed E-state index contributed by atoms with van der Waals surface area (Å²) in [5, 5.41) is 7.33. The molecule has 2 heterocycles. The van der Waals surface area contributed by atoms with Gasteiger partial charge in [0.1, 0.15) is 0 Å². The van der Waals surface area contributed by atoms with Crippen LogP contribution >= 0.6 is 11.3 Å². The highest BCUT2D eigenvalue weighted by molar-refractivity contribution is 7.13. The molecule has 0 unspecified atom stereocenters. The molecule has 1 amide bonds. The van der Waals surface area contributed by atoms with E-state index in [1.807, 2.05) is 5.38 Å². The minimum Gasteiger partial charge on any atom is -0.378 e. The Morgan fingerprint density at radius 3 is 2.74 bits per heavy atom. The maximum absolute atomic E-state index is 12.2. The second kappa shape index (κ2) is 9.15. The maximum atomic E-state index is 12.2. The zero-order valence-corrected chi connectivity index (χ0v) is 17.6. The first kappa shape index (κ1) is 20.3. The summed E-state index contributed by atoms with van der Waals surface area (Å²) in [6.45, 7) is 10.2. The molecule has 0 aromatic carbocycles. The van der Waals surface area contributed by atoms with E-state index in [0.29, 0.717) is 5.41 Å². The first-order valence-electron chi connectivity index (χ1n) is 10.1. The minimum absolute atomic E-state index is 0.0858. The highest BCUT2D eigenvalue weighted by Crippen LogP contribution is 2.39. The van der Waals surface area contributed by atoms with Crippen LogP contribution in [0.5, 0.6) is 0 Å². The summed E-state index contributed by atoms with van der Waals surface area (Å²) in [4.78, 5) is 19.0. The van der Waals surface area contributed by atoms with E-state index >= 15 is 0 Å². The second-order valence-corrected chi connectivity index (χ2v) is 9.06. The number of thiazole rings is 1. The third kappa shape index (κ3) is 5.51. The first-order valence-corrected chi connectivity index (χ1v) is 11.0. The van der Waals surface area contributed by atoms with Crippen LogP contribution in [0.3, 0.4) is 0 Å². The second-order valence-electron chi connectivity index (χ2n) is 8.23. The molecule has 1 saturated heterocycles. The number of rotatable bonds is 6. The Balaban J connectivity index is 1.45. The number of hydrogen-bond donors (Lipinski definition) is 1. The fraction of sp³-hybridized carbons (Fsp3) is 0.750. The van der Waals surface area contributed by atoms with Crippen LogP contribution < -0.4 is 10.3 Å². The Bertz CT molecular complexity index is 655. The number of anilines is 1. The lowest BCUT2D eigenvalue weighted by molar-refractivity contribution is -0.120. The summed E-state index contributed by atoms with van der Waals surface area (Å²) in [6, 6.07) is 0. The summed E-state index contributed by atoms with van der Waals surface area (Å²) < 4.78 is 5.37. The fourth-order valence-electron chi connectivity index (χ4n) is 3.76. The smallest absolute Gasteiger partial charge is 0.246 e. The van der Waals surface area contributed by atoms with Crippen molar-refractivity contribution in [1.82, 2.24) is 10.4 Å². The van der Waals surface area contributed by atoms with Crippen LogP contribution in [0.1, 0.15) is 58.6 Å². The molecule has 6 nitrogen and oxygen atoms in total. The monoisotopic (exact) mass is 392 g/mol. The molecule has 1 N–H and O–H groups in total. The third-order valence-electron chi connectivity index (χ3n) is 6.08. The Labute approximate surface area is 166 Å². The van der Waals surface area contributed by atoms with E-state index < -0.39 is 0 Å². The number of nitrogens with one attached hydrogen (secondary N) is 1. The number of hydrogen-bond acceptors (Lipinski definition) is 6. The molecule has 2 fully saturated rings. The molecular weight excluding hydrogens is 360 g/mol. The summed E-state index contributed by atoms with van der Waals surface area (Å²) in [5.74, 6) is 0.670. The van der Waals surface area contributed by atoms with E-state index in [-0.39, 0.29) is 12.3 Å². The van der Waals surface area contributed by atoms with Gasteiger partial charge in [-0.2, -0.15) is 5.10 Å². The number of morpholine rings is 1. The van der Waals surface area contributed by atoms with Crippen molar-refractivity contribution in [1.29, 1.82) is 0 Å². The van der Waals surface area contributed by atoms with Crippen LogP contribution in [0.25, 0.3) is 0 Å². The number of ether oxygens (including phenoxy) is 1. The summed E-state index contributed by atoms with van der Waals surface area (Å²) >= 11 is 1.59. The normalized spacial score (nSPS) is 21.2. The molecule has 1 aliphatic carbocycles. The highest BCUT2D eigenvalue weighted by Gasteiger charge is 2.30. The summed E-state index contributed by atoms with van der Waals surface area (Å²) in [7, 11) is 0. The molecule has 3 rings (SSSR count). The molecule has 1 saturated carbocycles. The predicted octanol–water partition coefficient (Wildman–Crippen LogP) is 3.62. The summed E-state index contributed by atoms with van der Waals surface area (Å²) in [5.41, 5.74) is 5.07. The predicted molar refractivity (Wildman–Crippen MR) is 110 cm³/mol. The van der Waals surface area contributed by atoms with Gasteiger partial charge in [-0.25, -0.2) is 10.4 Å². The Kier molecular flexibility index (Phi) is 6.87. The largest absolute Gasteiger partial charge is 0.378 e. The van der Waals surface area contributed by atoms with E-state index in [1.165, 1.54) is 19.3 Å². The van der Waals surface area contributed by atoms with Crippen LogP contribution in [0.4, 0.5) is 5.13 Å². The first-order chi connectivity index (χ1) is 13.0. The highest BCUT2D eigenvalue weighted by atomic mass is 32.1. The van der Waals surface area contributed by atoms with Gasteiger partial charge < -0.3 is 9.64 Å². The molecule has 0 spiro atoms. The number of hydrazone groups is 1. The van der Waals surface area contributed by atoms with Crippen molar-refractivity contribution in [2.75, 3.05) is 31.2 Å². The molecule has 1 aromatic rings. The maximum Gasteiger partial charge on any atom is 0.246 e. The van der Waals surface area contributed by atoms with Gasteiger partial charge >= 0.3 is 0 Å². The Morgan fingerprint density at radius 2 is 2.07 bits per heavy atom. The minimum atomic E-state index is -0.0858. The van der Waals surface area contributed by atoms with Crippen molar-refractivity contribution < 1.29 is 9.53 Å². The lowest BCUT2D eigenvalue weighted by atomic mass is 9.69. The average molecular weight is 393 g/mol. The van der Waals surface area contributed by atoms with E-state index in [0.717, 1.165) is 61.6 Å². The van der Waals surface area contributed by atoms with Crippen molar-refractivity contribution >= 4 is 28.1 Å². The van der Waals surface area contributed by atoms with Crippen LogP contribution in [0.2, 0.25) is 0 Å².